The van der Waals surface area contributed by atoms with Gasteiger partial charge in [-0.05, 0) is 32.0 Å². The van der Waals surface area contributed by atoms with Crippen LogP contribution in [0.25, 0.3) is 0 Å². The summed E-state index contributed by atoms with van der Waals surface area (Å²) in [6.07, 6.45) is 1.44. The molecule has 2 heterocycles. The number of pyridine rings is 1. The number of amides is 2. The van der Waals surface area contributed by atoms with Gasteiger partial charge in [0, 0.05) is 24.1 Å². The molecule has 2 aromatic rings. The lowest BCUT2D eigenvalue weighted by atomic mass is 10.4. The van der Waals surface area contributed by atoms with Gasteiger partial charge in [0.2, 0.25) is 0 Å². The van der Waals surface area contributed by atoms with Gasteiger partial charge in [-0.3, -0.25) is 14.3 Å². The van der Waals surface area contributed by atoms with Crippen LogP contribution in [0.1, 0.15) is 11.4 Å². The van der Waals surface area contributed by atoms with E-state index in [9.17, 15) is 9.59 Å². The molecule has 2 rings (SSSR count). The number of anilines is 1. The van der Waals surface area contributed by atoms with Crippen LogP contribution in [-0.4, -0.2) is 33.1 Å². The first-order valence-corrected chi connectivity index (χ1v) is 7.05. The number of rotatable bonds is 4. The smallest absolute Gasteiger partial charge is 0.313 e. The Morgan fingerprint density at radius 1 is 1.27 bits per heavy atom. The van der Waals surface area contributed by atoms with E-state index in [4.69, 9.17) is 11.6 Å². The van der Waals surface area contributed by atoms with Crippen molar-refractivity contribution in [3.63, 3.8) is 0 Å². The van der Waals surface area contributed by atoms with E-state index in [1.807, 2.05) is 19.9 Å². The molecule has 0 aliphatic heterocycles. The summed E-state index contributed by atoms with van der Waals surface area (Å²) in [5.41, 5.74) is 2.33. The van der Waals surface area contributed by atoms with Crippen LogP contribution in [0, 0.1) is 13.8 Å². The molecule has 22 heavy (non-hydrogen) atoms. The van der Waals surface area contributed by atoms with Crippen LogP contribution in [-0.2, 0) is 16.1 Å². The third kappa shape index (κ3) is 4.29. The van der Waals surface area contributed by atoms with Crippen molar-refractivity contribution in [2.24, 2.45) is 0 Å². The fourth-order valence-corrected chi connectivity index (χ4v) is 2.10. The van der Waals surface area contributed by atoms with Crippen molar-refractivity contribution in [1.82, 2.24) is 20.1 Å². The Morgan fingerprint density at radius 3 is 2.68 bits per heavy atom. The fraction of sp³-hybridized carbons (Fsp3) is 0.286. The van der Waals surface area contributed by atoms with Gasteiger partial charge >= 0.3 is 11.8 Å². The monoisotopic (exact) mass is 321 g/mol. The molecule has 7 nitrogen and oxygen atoms in total. The molecule has 116 valence electrons. The van der Waals surface area contributed by atoms with Crippen molar-refractivity contribution in [2.45, 2.75) is 20.4 Å². The van der Waals surface area contributed by atoms with E-state index in [1.54, 1.807) is 10.7 Å². The van der Waals surface area contributed by atoms with Gasteiger partial charge in [-0.2, -0.15) is 5.10 Å². The Labute approximate surface area is 132 Å². The first-order chi connectivity index (χ1) is 10.5. The van der Waals surface area contributed by atoms with Gasteiger partial charge in [0.1, 0.15) is 5.15 Å². The van der Waals surface area contributed by atoms with Crippen molar-refractivity contribution in [1.29, 1.82) is 0 Å². The number of aryl methyl sites for hydroxylation is 2. The van der Waals surface area contributed by atoms with E-state index in [0.717, 1.165) is 11.4 Å². The zero-order valence-corrected chi connectivity index (χ0v) is 13.0. The molecule has 0 aliphatic carbocycles. The Kier molecular flexibility index (Phi) is 5.11. The maximum absolute atomic E-state index is 11.7. The van der Waals surface area contributed by atoms with E-state index in [2.05, 4.69) is 20.7 Å². The molecule has 2 aromatic heterocycles. The molecule has 0 unspecified atom stereocenters. The SMILES string of the molecule is Cc1cc(C)n(CCNC(=O)C(=O)Nc2ccnc(Cl)c2)n1. The summed E-state index contributed by atoms with van der Waals surface area (Å²) in [7, 11) is 0. The van der Waals surface area contributed by atoms with Crippen LogP contribution in [0.15, 0.2) is 24.4 Å². The highest BCUT2D eigenvalue weighted by molar-refractivity contribution is 6.39. The number of halogens is 1. The maximum Gasteiger partial charge on any atom is 0.313 e. The van der Waals surface area contributed by atoms with Crippen LogP contribution in [0.5, 0.6) is 0 Å². The van der Waals surface area contributed by atoms with Crippen molar-refractivity contribution in [3.8, 4) is 0 Å². The summed E-state index contributed by atoms with van der Waals surface area (Å²) in [5.74, 6) is -1.47. The summed E-state index contributed by atoms with van der Waals surface area (Å²) in [6.45, 7) is 4.64. The fourth-order valence-electron chi connectivity index (χ4n) is 1.93. The minimum Gasteiger partial charge on any atom is -0.346 e. The minimum atomic E-state index is -0.754. The summed E-state index contributed by atoms with van der Waals surface area (Å²) in [4.78, 5) is 27.2. The highest BCUT2D eigenvalue weighted by Gasteiger charge is 2.13. The molecule has 0 bridgehead atoms. The Morgan fingerprint density at radius 2 is 2.05 bits per heavy atom. The predicted molar refractivity (Wildman–Crippen MR) is 82.6 cm³/mol. The van der Waals surface area contributed by atoms with Crippen molar-refractivity contribution < 1.29 is 9.59 Å². The maximum atomic E-state index is 11.7. The van der Waals surface area contributed by atoms with Gasteiger partial charge in [-0.1, -0.05) is 11.6 Å². The Hall–Kier alpha value is -2.41. The lowest BCUT2D eigenvalue weighted by Crippen LogP contribution is -2.37. The van der Waals surface area contributed by atoms with Crippen molar-refractivity contribution in [2.75, 3.05) is 11.9 Å². The average Bonchev–Trinajstić information content (AvgIpc) is 2.77. The van der Waals surface area contributed by atoms with Gasteiger partial charge in [-0.15, -0.1) is 0 Å². The molecule has 0 aliphatic rings. The second-order valence-corrected chi connectivity index (χ2v) is 5.11. The molecule has 0 spiro atoms. The van der Waals surface area contributed by atoms with Crippen LogP contribution < -0.4 is 10.6 Å². The topological polar surface area (TPSA) is 88.9 Å². The van der Waals surface area contributed by atoms with E-state index < -0.39 is 11.8 Å². The summed E-state index contributed by atoms with van der Waals surface area (Å²) >= 11 is 5.70. The number of aromatic nitrogens is 3. The van der Waals surface area contributed by atoms with Gasteiger partial charge in [0.25, 0.3) is 0 Å². The molecular formula is C14H16ClN5O2. The first kappa shape index (κ1) is 16.0. The number of carbonyl (C=O) groups is 2. The Bertz CT molecular complexity index is 698. The average molecular weight is 322 g/mol. The van der Waals surface area contributed by atoms with E-state index >= 15 is 0 Å². The molecule has 2 N–H and O–H groups in total. The zero-order chi connectivity index (χ0) is 16.1. The number of carbonyl (C=O) groups excluding carboxylic acids is 2. The molecule has 0 atom stereocenters. The van der Waals surface area contributed by atoms with E-state index in [1.165, 1.54) is 12.3 Å². The lowest BCUT2D eigenvalue weighted by Gasteiger charge is -2.07. The molecule has 0 saturated carbocycles. The summed E-state index contributed by atoms with van der Waals surface area (Å²) in [6, 6.07) is 4.96. The van der Waals surface area contributed by atoms with Gasteiger partial charge in [-0.25, -0.2) is 4.98 Å². The van der Waals surface area contributed by atoms with Gasteiger partial charge < -0.3 is 10.6 Å². The zero-order valence-electron chi connectivity index (χ0n) is 12.3. The Balaban J connectivity index is 1.82. The van der Waals surface area contributed by atoms with Crippen LogP contribution in [0.2, 0.25) is 5.15 Å². The van der Waals surface area contributed by atoms with Gasteiger partial charge in [0.15, 0.2) is 0 Å². The molecular weight excluding hydrogens is 306 g/mol. The van der Waals surface area contributed by atoms with Gasteiger partial charge in [0.05, 0.1) is 12.2 Å². The molecule has 0 aromatic carbocycles. The summed E-state index contributed by atoms with van der Waals surface area (Å²) in [5, 5.41) is 9.50. The second-order valence-electron chi connectivity index (χ2n) is 4.73. The van der Waals surface area contributed by atoms with Crippen molar-refractivity contribution >= 4 is 29.1 Å². The third-order valence-electron chi connectivity index (χ3n) is 2.90. The molecule has 0 saturated heterocycles. The minimum absolute atomic E-state index is 0.239. The second kappa shape index (κ2) is 7.04. The first-order valence-electron chi connectivity index (χ1n) is 6.67. The van der Waals surface area contributed by atoms with Crippen LogP contribution in [0.4, 0.5) is 5.69 Å². The molecule has 0 fully saturated rings. The molecule has 0 radical (unpaired) electrons. The highest BCUT2D eigenvalue weighted by atomic mass is 35.5. The lowest BCUT2D eigenvalue weighted by molar-refractivity contribution is -0.136. The van der Waals surface area contributed by atoms with Crippen LogP contribution >= 0.6 is 11.6 Å². The molecule has 2 amide bonds. The third-order valence-corrected chi connectivity index (χ3v) is 3.11. The largest absolute Gasteiger partial charge is 0.346 e. The number of hydrogen-bond donors (Lipinski definition) is 2. The van der Waals surface area contributed by atoms with Crippen LogP contribution in [0.3, 0.4) is 0 Å². The van der Waals surface area contributed by atoms with E-state index in [-0.39, 0.29) is 5.15 Å². The normalized spacial score (nSPS) is 10.3. The predicted octanol–water partition coefficient (Wildman–Crippen LogP) is 1.30. The quantitative estimate of drug-likeness (QED) is 0.656. The van der Waals surface area contributed by atoms with E-state index in [0.29, 0.717) is 18.8 Å². The summed E-state index contributed by atoms with van der Waals surface area (Å²) < 4.78 is 1.77. The number of hydrogen-bond acceptors (Lipinski definition) is 4. The standard InChI is InChI=1S/C14H16ClN5O2/c1-9-7-10(2)20(19-9)6-5-17-13(21)14(22)18-11-3-4-16-12(15)8-11/h3-4,7-8H,5-6H2,1-2H3,(H,17,21)(H,16,18,22). The number of nitrogens with one attached hydrogen (secondary N) is 2. The van der Waals surface area contributed by atoms with Crippen molar-refractivity contribution in [3.05, 3.63) is 40.9 Å². The highest BCUT2D eigenvalue weighted by Crippen LogP contribution is 2.11. The molecule has 8 heteroatoms. The number of nitrogens with zero attached hydrogens (tertiary/aromatic N) is 3.